The number of carbonyl (C=O) groups is 3. The van der Waals surface area contributed by atoms with E-state index in [0.717, 1.165) is 5.56 Å². The lowest BCUT2D eigenvalue weighted by Crippen LogP contribution is -2.12. The molecule has 0 bridgehead atoms. The number of benzene rings is 1. The van der Waals surface area contributed by atoms with E-state index in [2.05, 4.69) is 0 Å². The van der Waals surface area contributed by atoms with E-state index in [4.69, 9.17) is 14.9 Å². The van der Waals surface area contributed by atoms with Gasteiger partial charge in [-0.1, -0.05) is 35.9 Å². The highest BCUT2D eigenvalue weighted by molar-refractivity contribution is 5.93. The third-order valence-corrected chi connectivity index (χ3v) is 2.75. The van der Waals surface area contributed by atoms with Gasteiger partial charge in [-0.15, -0.1) is 0 Å². The molecule has 0 radical (unpaired) electrons. The lowest BCUT2D eigenvalue weighted by molar-refractivity contribution is -0.144. The molecule has 0 aromatic heterocycles. The summed E-state index contributed by atoms with van der Waals surface area (Å²) in [6, 6.07) is 9.04. The van der Waals surface area contributed by atoms with E-state index in [1.54, 1.807) is 12.1 Å². The molecule has 0 aliphatic heterocycles. The fourth-order valence-electron chi connectivity index (χ4n) is 1.67. The molecule has 0 aliphatic carbocycles. The van der Waals surface area contributed by atoms with Crippen molar-refractivity contribution in [1.82, 2.24) is 0 Å². The van der Waals surface area contributed by atoms with Crippen LogP contribution in [0.25, 0.3) is 0 Å². The summed E-state index contributed by atoms with van der Waals surface area (Å²) in [5.41, 5.74) is 0.707. The van der Waals surface area contributed by atoms with E-state index in [-0.39, 0.29) is 24.2 Å². The van der Waals surface area contributed by atoms with Crippen molar-refractivity contribution < 1.29 is 29.3 Å². The lowest BCUT2D eigenvalue weighted by Gasteiger charge is -2.08. The van der Waals surface area contributed by atoms with Gasteiger partial charge in [-0.05, 0) is 12.5 Å². The molecule has 0 saturated carbocycles. The van der Waals surface area contributed by atoms with E-state index in [9.17, 15) is 14.4 Å². The molecule has 6 heteroatoms. The molecule has 0 aliphatic rings. The van der Waals surface area contributed by atoms with Gasteiger partial charge < -0.3 is 14.9 Å². The second kappa shape index (κ2) is 7.84. The first-order chi connectivity index (χ1) is 9.90. The third-order valence-electron chi connectivity index (χ3n) is 2.75. The molecule has 0 amide bonds. The van der Waals surface area contributed by atoms with Gasteiger partial charge in [0.1, 0.15) is 6.61 Å². The SMILES string of the molecule is CC(CC(=O)OCc1ccccc1)=C(CC(=O)O)C(=O)O. The number of hydrogen-bond donors (Lipinski definition) is 2. The predicted octanol–water partition coefficient (Wildman–Crippen LogP) is 2.00. The number of carboxylic acids is 2. The highest BCUT2D eigenvalue weighted by atomic mass is 16.5. The first kappa shape index (κ1) is 16.4. The van der Waals surface area contributed by atoms with Crippen LogP contribution < -0.4 is 0 Å². The van der Waals surface area contributed by atoms with Crippen molar-refractivity contribution in [3.05, 3.63) is 47.0 Å². The van der Waals surface area contributed by atoms with Crippen LogP contribution in [0.15, 0.2) is 41.5 Å². The van der Waals surface area contributed by atoms with Crippen molar-refractivity contribution in [3.8, 4) is 0 Å². The molecule has 1 aromatic rings. The van der Waals surface area contributed by atoms with Gasteiger partial charge in [0.2, 0.25) is 0 Å². The van der Waals surface area contributed by atoms with Gasteiger partial charge in [-0.2, -0.15) is 0 Å². The Labute approximate surface area is 121 Å². The maximum atomic E-state index is 11.6. The zero-order valence-corrected chi connectivity index (χ0v) is 11.5. The smallest absolute Gasteiger partial charge is 0.332 e. The standard InChI is InChI=1S/C15H16O6/c1-10(12(15(19)20)8-13(16)17)7-14(18)21-9-11-5-3-2-4-6-11/h2-6H,7-9H2,1H3,(H,16,17)(H,19,20). The van der Waals surface area contributed by atoms with Crippen molar-refractivity contribution in [2.45, 2.75) is 26.4 Å². The second-order valence-corrected chi connectivity index (χ2v) is 4.46. The Hall–Kier alpha value is -2.63. The fourth-order valence-corrected chi connectivity index (χ4v) is 1.67. The molecule has 0 atom stereocenters. The largest absolute Gasteiger partial charge is 0.481 e. The minimum absolute atomic E-state index is 0.0916. The molecule has 0 heterocycles. The maximum Gasteiger partial charge on any atom is 0.332 e. The number of aliphatic carboxylic acids is 2. The Kier molecular flexibility index (Phi) is 6.13. The van der Waals surface area contributed by atoms with Crippen molar-refractivity contribution in [2.75, 3.05) is 0 Å². The average molecular weight is 292 g/mol. The highest BCUT2D eigenvalue weighted by Crippen LogP contribution is 2.14. The van der Waals surface area contributed by atoms with Crippen LogP contribution in [0.1, 0.15) is 25.3 Å². The Morgan fingerprint density at radius 2 is 1.67 bits per heavy atom. The van der Waals surface area contributed by atoms with Crippen molar-refractivity contribution in [1.29, 1.82) is 0 Å². The summed E-state index contributed by atoms with van der Waals surface area (Å²) in [7, 11) is 0. The van der Waals surface area contributed by atoms with Gasteiger partial charge in [-0.25, -0.2) is 4.79 Å². The molecule has 0 fully saturated rings. The number of ether oxygens (including phenoxy) is 1. The summed E-state index contributed by atoms with van der Waals surface area (Å²) in [5.74, 6) is -3.20. The maximum absolute atomic E-state index is 11.6. The molecule has 0 saturated heterocycles. The lowest BCUT2D eigenvalue weighted by atomic mass is 10.0. The van der Waals surface area contributed by atoms with E-state index in [0.29, 0.717) is 0 Å². The number of hydrogen-bond acceptors (Lipinski definition) is 4. The third kappa shape index (κ3) is 5.90. The monoisotopic (exact) mass is 292 g/mol. The van der Waals surface area contributed by atoms with Gasteiger partial charge in [0.25, 0.3) is 0 Å². The molecular formula is C15H16O6. The van der Waals surface area contributed by atoms with Gasteiger partial charge >= 0.3 is 17.9 Å². The molecule has 6 nitrogen and oxygen atoms in total. The Bertz CT molecular complexity index is 559. The molecule has 1 aromatic carbocycles. The van der Waals surface area contributed by atoms with Crippen LogP contribution in [0.3, 0.4) is 0 Å². The normalized spacial score (nSPS) is 11.5. The van der Waals surface area contributed by atoms with Crippen LogP contribution in [0.4, 0.5) is 0 Å². The topological polar surface area (TPSA) is 101 Å². The first-order valence-electron chi connectivity index (χ1n) is 6.23. The number of esters is 1. The summed E-state index contributed by atoms with van der Waals surface area (Å²) in [6.45, 7) is 1.50. The number of rotatable bonds is 7. The van der Waals surface area contributed by atoms with Crippen LogP contribution in [0.2, 0.25) is 0 Å². The van der Waals surface area contributed by atoms with Gasteiger partial charge in [-0.3, -0.25) is 9.59 Å². The molecular weight excluding hydrogens is 276 g/mol. The zero-order chi connectivity index (χ0) is 15.8. The van der Waals surface area contributed by atoms with Gasteiger partial charge in [0.15, 0.2) is 0 Å². The molecule has 0 spiro atoms. The van der Waals surface area contributed by atoms with Gasteiger partial charge in [0.05, 0.1) is 12.8 Å². The molecule has 2 N–H and O–H groups in total. The van der Waals surface area contributed by atoms with Crippen LogP contribution in [-0.4, -0.2) is 28.1 Å². The summed E-state index contributed by atoms with van der Waals surface area (Å²) in [6.07, 6.45) is -0.880. The van der Waals surface area contributed by atoms with Crippen LogP contribution in [0, 0.1) is 0 Å². The van der Waals surface area contributed by atoms with Crippen LogP contribution in [0.5, 0.6) is 0 Å². The number of carbonyl (C=O) groups excluding carboxylic acids is 1. The number of carboxylic acid groups (broad SMARTS) is 2. The first-order valence-corrected chi connectivity index (χ1v) is 6.23. The summed E-state index contributed by atoms with van der Waals surface area (Å²) >= 11 is 0. The van der Waals surface area contributed by atoms with E-state index in [1.807, 2.05) is 18.2 Å². The molecule has 0 unspecified atom stereocenters. The van der Waals surface area contributed by atoms with Gasteiger partial charge in [0, 0.05) is 5.57 Å². The average Bonchev–Trinajstić information content (AvgIpc) is 2.43. The van der Waals surface area contributed by atoms with Crippen LogP contribution in [-0.2, 0) is 25.7 Å². The zero-order valence-electron chi connectivity index (χ0n) is 11.5. The molecule has 1 rings (SSSR count). The van der Waals surface area contributed by atoms with Crippen molar-refractivity contribution >= 4 is 17.9 Å². The fraction of sp³-hybridized carbons (Fsp3) is 0.267. The highest BCUT2D eigenvalue weighted by Gasteiger charge is 2.17. The van der Waals surface area contributed by atoms with Crippen molar-refractivity contribution in [2.24, 2.45) is 0 Å². The van der Waals surface area contributed by atoms with E-state index in [1.165, 1.54) is 6.92 Å². The minimum atomic E-state index is -1.34. The Balaban J connectivity index is 2.63. The van der Waals surface area contributed by atoms with E-state index >= 15 is 0 Å². The minimum Gasteiger partial charge on any atom is -0.481 e. The quantitative estimate of drug-likeness (QED) is 0.588. The van der Waals surface area contributed by atoms with Crippen molar-refractivity contribution in [3.63, 3.8) is 0 Å². The Morgan fingerprint density at radius 3 is 2.19 bits per heavy atom. The predicted molar refractivity (Wildman–Crippen MR) is 73.4 cm³/mol. The summed E-state index contributed by atoms with van der Waals surface area (Å²) < 4.78 is 5.02. The Morgan fingerprint density at radius 1 is 1.05 bits per heavy atom. The molecule has 112 valence electrons. The summed E-state index contributed by atoms with van der Waals surface area (Å²) in [4.78, 5) is 33.2. The van der Waals surface area contributed by atoms with E-state index < -0.39 is 24.3 Å². The summed E-state index contributed by atoms with van der Waals surface area (Å²) in [5, 5.41) is 17.6. The van der Waals surface area contributed by atoms with Crippen LogP contribution >= 0.6 is 0 Å². The molecule has 21 heavy (non-hydrogen) atoms. The second-order valence-electron chi connectivity index (χ2n) is 4.46.